The van der Waals surface area contributed by atoms with Gasteiger partial charge in [-0.15, -0.1) is 0 Å². The maximum Gasteiger partial charge on any atom is 0.157 e. The Labute approximate surface area is 174 Å². The van der Waals surface area contributed by atoms with Crippen molar-refractivity contribution in [2.45, 2.75) is 77.2 Å². The molecule has 1 aliphatic carbocycles. The van der Waals surface area contributed by atoms with Crippen LogP contribution in [-0.2, 0) is 4.84 Å². The topological polar surface area (TPSA) is 24.8 Å². The van der Waals surface area contributed by atoms with Crippen LogP contribution in [0.2, 0.25) is 0 Å². The van der Waals surface area contributed by atoms with Gasteiger partial charge in [0.05, 0.1) is 5.71 Å². The Morgan fingerprint density at radius 1 is 1.04 bits per heavy atom. The van der Waals surface area contributed by atoms with Gasteiger partial charge in [-0.25, -0.2) is 0 Å². The zero-order valence-corrected chi connectivity index (χ0v) is 18.8. The molecule has 3 nitrogen and oxygen atoms in total. The van der Waals surface area contributed by atoms with Gasteiger partial charge in [-0.05, 0) is 50.0 Å². The van der Waals surface area contributed by atoms with Gasteiger partial charge in [-0.2, -0.15) is 0 Å². The lowest BCUT2D eigenvalue weighted by molar-refractivity contribution is 0.114. The Balaban J connectivity index is 1.48. The summed E-state index contributed by atoms with van der Waals surface area (Å²) in [7, 11) is 2.88. The SMILES string of the molecule is C=C(/C=C\C=C/C)C1CC(C2CCCCC(C3CCN(P)CC3)CCC2)=NO1. The van der Waals surface area contributed by atoms with E-state index in [1.807, 2.05) is 25.2 Å². The van der Waals surface area contributed by atoms with Crippen molar-refractivity contribution in [1.82, 2.24) is 4.67 Å². The zero-order chi connectivity index (χ0) is 19.8. The van der Waals surface area contributed by atoms with Gasteiger partial charge in [-0.1, -0.05) is 77.5 Å². The van der Waals surface area contributed by atoms with Crippen molar-refractivity contribution in [1.29, 1.82) is 0 Å². The molecule has 1 saturated heterocycles. The first-order valence-corrected chi connectivity index (χ1v) is 11.9. The summed E-state index contributed by atoms with van der Waals surface area (Å²) < 4.78 is 2.41. The summed E-state index contributed by atoms with van der Waals surface area (Å²) in [6.45, 7) is 8.72. The van der Waals surface area contributed by atoms with Gasteiger partial charge in [0.25, 0.3) is 0 Å². The quantitative estimate of drug-likeness (QED) is 0.398. The molecule has 2 aliphatic heterocycles. The third-order valence-electron chi connectivity index (χ3n) is 6.94. The van der Waals surface area contributed by atoms with Crippen molar-refractivity contribution in [3.8, 4) is 0 Å². The van der Waals surface area contributed by atoms with Crippen LogP contribution in [0, 0.1) is 17.8 Å². The van der Waals surface area contributed by atoms with Gasteiger partial charge in [0.1, 0.15) is 0 Å². The molecule has 3 aliphatic rings. The lowest BCUT2D eigenvalue weighted by Gasteiger charge is -2.34. The Morgan fingerprint density at radius 2 is 1.71 bits per heavy atom. The van der Waals surface area contributed by atoms with Gasteiger partial charge in [0, 0.05) is 25.4 Å². The molecular formula is C24H39N2OP. The van der Waals surface area contributed by atoms with Crippen LogP contribution in [0.5, 0.6) is 0 Å². The van der Waals surface area contributed by atoms with Gasteiger partial charge < -0.3 is 4.84 Å². The normalized spacial score (nSPS) is 31.4. The molecule has 0 amide bonds. The van der Waals surface area contributed by atoms with E-state index in [0.717, 1.165) is 23.8 Å². The molecule has 3 rings (SSSR count). The van der Waals surface area contributed by atoms with Crippen molar-refractivity contribution < 1.29 is 4.84 Å². The summed E-state index contributed by atoms with van der Waals surface area (Å²) in [5.74, 6) is 2.52. The first-order chi connectivity index (χ1) is 13.7. The van der Waals surface area contributed by atoms with E-state index in [-0.39, 0.29) is 6.10 Å². The van der Waals surface area contributed by atoms with E-state index in [2.05, 4.69) is 31.9 Å². The Morgan fingerprint density at radius 3 is 2.50 bits per heavy atom. The van der Waals surface area contributed by atoms with Crippen molar-refractivity contribution in [2.75, 3.05) is 13.1 Å². The van der Waals surface area contributed by atoms with E-state index in [9.17, 15) is 0 Å². The highest BCUT2D eigenvalue weighted by Gasteiger charge is 2.30. The van der Waals surface area contributed by atoms with Crippen LogP contribution in [-0.4, -0.2) is 29.6 Å². The van der Waals surface area contributed by atoms with Gasteiger partial charge in [-0.3, -0.25) is 4.67 Å². The molecule has 4 unspecified atom stereocenters. The van der Waals surface area contributed by atoms with Crippen LogP contribution in [0.15, 0.2) is 41.6 Å². The molecule has 0 bridgehead atoms. The third-order valence-corrected chi connectivity index (χ3v) is 7.45. The van der Waals surface area contributed by atoms with Crippen molar-refractivity contribution in [3.05, 3.63) is 36.5 Å². The van der Waals surface area contributed by atoms with E-state index in [0.29, 0.717) is 5.92 Å². The van der Waals surface area contributed by atoms with Gasteiger partial charge >= 0.3 is 0 Å². The maximum absolute atomic E-state index is 5.75. The van der Waals surface area contributed by atoms with E-state index >= 15 is 0 Å². The Kier molecular flexibility index (Phi) is 8.80. The first kappa shape index (κ1) is 21.8. The summed E-state index contributed by atoms with van der Waals surface area (Å²) in [4.78, 5) is 5.75. The highest BCUT2D eigenvalue weighted by molar-refractivity contribution is 7.13. The minimum absolute atomic E-state index is 0.0361. The molecule has 2 fully saturated rings. The average Bonchev–Trinajstić information content (AvgIpc) is 3.22. The van der Waals surface area contributed by atoms with E-state index in [1.165, 1.54) is 76.6 Å². The maximum atomic E-state index is 5.75. The number of hydrogen-bond donors (Lipinski definition) is 0. The summed E-state index contributed by atoms with van der Waals surface area (Å²) in [5, 5.41) is 4.51. The fraction of sp³-hybridized carbons (Fsp3) is 0.708. The van der Waals surface area contributed by atoms with E-state index < -0.39 is 0 Å². The van der Waals surface area contributed by atoms with Crippen LogP contribution in [0.25, 0.3) is 0 Å². The van der Waals surface area contributed by atoms with Crippen LogP contribution < -0.4 is 0 Å². The van der Waals surface area contributed by atoms with Crippen LogP contribution in [0.1, 0.15) is 71.1 Å². The van der Waals surface area contributed by atoms with Gasteiger partial charge in [0.15, 0.2) is 6.10 Å². The molecule has 0 radical (unpaired) electrons. The fourth-order valence-corrected chi connectivity index (χ4v) is 5.44. The minimum atomic E-state index is 0.0361. The average molecular weight is 403 g/mol. The number of allylic oxidation sites excluding steroid dienone is 3. The number of oxime groups is 1. The second-order valence-corrected chi connectivity index (χ2v) is 9.62. The van der Waals surface area contributed by atoms with E-state index in [4.69, 9.17) is 4.84 Å². The largest absolute Gasteiger partial charge is 0.387 e. The molecule has 0 aromatic rings. The Hall–Kier alpha value is -0.920. The number of piperidine rings is 1. The van der Waals surface area contributed by atoms with Crippen molar-refractivity contribution >= 4 is 15.1 Å². The lowest BCUT2D eigenvalue weighted by Crippen LogP contribution is -2.30. The smallest absolute Gasteiger partial charge is 0.157 e. The van der Waals surface area contributed by atoms with E-state index in [1.54, 1.807) is 0 Å². The number of nitrogens with zero attached hydrogens (tertiary/aromatic N) is 2. The molecule has 0 aromatic heterocycles. The number of hydrogen-bond acceptors (Lipinski definition) is 3. The molecular weight excluding hydrogens is 363 g/mol. The molecule has 156 valence electrons. The van der Waals surface area contributed by atoms with Crippen molar-refractivity contribution in [2.24, 2.45) is 22.9 Å². The minimum Gasteiger partial charge on any atom is -0.387 e. The van der Waals surface area contributed by atoms with Crippen molar-refractivity contribution in [3.63, 3.8) is 0 Å². The first-order valence-electron chi connectivity index (χ1n) is 11.4. The van der Waals surface area contributed by atoms with Crippen LogP contribution in [0.4, 0.5) is 0 Å². The molecule has 0 aromatic carbocycles. The lowest BCUT2D eigenvalue weighted by atomic mass is 9.79. The Bertz CT molecular complexity index is 589. The highest BCUT2D eigenvalue weighted by Crippen LogP contribution is 2.36. The summed E-state index contributed by atoms with van der Waals surface area (Å²) in [6, 6.07) is 0. The van der Waals surface area contributed by atoms with Crippen LogP contribution in [0.3, 0.4) is 0 Å². The molecule has 4 atom stereocenters. The second kappa shape index (κ2) is 11.3. The molecule has 0 N–H and O–H groups in total. The second-order valence-electron chi connectivity index (χ2n) is 8.89. The predicted octanol–water partition coefficient (Wildman–Crippen LogP) is 6.30. The van der Waals surface area contributed by atoms with Gasteiger partial charge in [0.2, 0.25) is 0 Å². The summed E-state index contributed by atoms with van der Waals surface area (Å²) in [6.07, 6.45) is 21.4. The fourth-order valence-electron chi connectivity index (χ4n) is 5.14. The molecule has 28 heavy (non-hydrogen) atoms. The summed E-state index contributed by atoms with van der Waals surface area (Å²) >= 11 is 0. The molecule has 1 saturated carbocycles. The highest BCUT2D eigenvalue weighted by atomic mass is 31.0. The molecule has 0 spiro atoms. The van der Waals surface area contributed by atoms with Crippen LogP contribution >= 0.6 is 9.39 Å². The zero-order valence-electron chi connectivity index (χ0n) is 17.7. The third kappa shape index (κ3) is 6.29. The standard InChI is InChI=1S/C24H39N2OP/c1-3-4-5-9-19(2)24-18-23(25-27-24)22-11-7-6-10-20(12-8-13-22)21-14-16-26(28)17-15-21/h3-5,9,20-22,24H,2,6-8,10-18,28H2,1H3/b4-3-,9-5-. The molecule has 2 heterocycles. The monoisotopic (exact) mass is 402 g/mol. The summed E-state index contributed by atoms with van der Waals surface area (Å²) in [5.41, 5.74) is 2.32. The molecule has 4 heteroatoms. The predicted molar refractivity (Wildman–Crippen MR) is 123 cm³/mol. The number of rotatable bonds is 5.